The third kappa shape index (κ3) is 5.62. The number of H-pyrrole nitrogens is 1. The first-order chi connectivity index (χ1) is 14.8. The fraction of sp³-hybridized carbons (Fsp3) is 0.286. The van der Waals surface area contributed by atoms with Crippen LogP contribution < -0.4 is 16.7 Å². The molecule has 0 atom stereocenters. The predicted molar refractivity (Wildman–Crippen MR) is 125 cm³/mol. The van der Waals surface area contributed by atoms with Gasteiger partial charge in [0, 0.05) is 18.9 Å². The summed E-state index contributed by atoms with van der Waals surface area (Å²) in [6.45, 7) is 5.43. The minimum Gasteiger partial charge on any atom is -0.380 e. The molecule has 9 nitrogen and oxygen atoms in total. The number of aryl methyl sites for hydroxylation is 1. The number of methoxy groups -OCH3 is 1. The van der Waals surface area contributed by atoms with Crippen LogP contribution in [0.5, 0.6) is 0 Å². The van der Waals surface area contributed by atoms with E-state index in [0.29, 0.717) is 33.7 Å². The molecule has 0 aliphatic rings. The second-order valence-corrected chi connectivity index (χ2v) is 8.10. The molecule has 164 valence electrons. The van der Waals surface area contributed by atoms with Crippen molar-refractivity contribution in [2.24, 2.45) is 5.10 Å². The van der Waals surface area contributed by atoms with Crippen molar-refractivity contribution in [2.45, 2.75) is 32.9 Å². The number of benzene rings is 1. The Morgan fingerprint density at radius 3 is 2.55 bits per heavy atom. The lowest BCUT2D eigenvalue weighted by Crippen LogP contribution is -2.47. The van der Waals surface area contributed by atoms with Gasteiger partial charge in [0.2, 0.25) is 0 Å². The quantitative estimate of drug-likeness (QED) is 0.294. The SMILES string of the molecule is COCc1ccccc1.Cc1c(N/N=C\C=N)sc2[nH]c(=O)n(C(C)(C)C=O)c(=O)c12. The number of thiophene rings is 1. The Kier molecular flexibility index (Phi) is 8.17. The maximum absolute atomic E-state index is 12.6. The molecule has 31 heavy (non-hydrogen) atoms. The monoisotopic (exact) mass is 443 g/mol. The minimum atomic E-state index is -1.24. The van der Waals surface area contributed by atoms with Gasteiger partial charge in [-0.1, -0.05) is 41.7 Å². The third-order valence-corrected chi connectivity index (χ3v) is 5.43. The zero-order chi connectivity index (χ0) is 23.0. The van der Waals surface area contributed by atoms with E-state index >= 15 is 0 Å². The van der Waals surface area contributed by atoms with Gasteiger partial charge in [-0.3, -0.25) is 15.2 Å². The van der Waals surface area contributed by atoms with Crippen molar-refractivity contribution >= 4 is 45.3 Å². The molecule has 0 bridgehead atoms. The summed E-state index contributed by atoms with van der Waals surface area (Å²) in [6.07, 6.45) is 2.82. The van der Waals surface area contributed by atoms with Crippen LogP contribution >= 0.6 is 11.3 Å². The highest BCUT2D eigenvalue weighted by molar-refractivity contribution is 7.22. The van der Waals surface area contributed by atoms with Crippen LogP contribution in [-0.2, 0) is 21.7 Å². The second-order valence-electron chi connectivity index (χ2n) is 7.08. The molecule has 3 N–H and O–H groups in total. The molecule has 2 aromatic heterocycles. The van der Waals surface area contributed by atoms with Gasteiger partial charge in [-0.05, 0) is 26.3 Å². The molecular weight excluding hydrogens is 418 g/mol. The van der Waals surface area contributed by atoms with Crippen LogP contribution in [0.1, 0.15) is 25.0 Å². The number of fused-ring (bicyclic) bond motifs is 1. The molecule has 0 unspecified atom stereocenters. The van der Waals surface area contributed by atoms with Crippen LogP contribution in [-0.4, -0.2) is 35.4 Å². The van der Waals surface area contributed by atoms with E-state index in [-0.39, 0.29) is 0 Å². The van der Waals surface area contributed by atoms with Crippen LogP contribution in [0, 0.1) is 12.3 Å². The fourth-order valence-electron chi connectivity index (χ4n) is 2.77. The Bertz CT molecular complexity index is 1190. The van der Waals surface area contributed by atoms with Crippen LogP contribution in [0.4, 0.5) is 5.00 Å². The molecule has 0 spiro atoms. The van der Waals surface area contributed by atoms with Gasteiger partial charge in [0.15, 0.2) is 0 Å². The Morgan fingerprint density at radius 1 is 1.29 bits per heavy atom. The van der Waals surface area contributed by atoms with E-state index in [2.05, 4.69) is 15.5 Å². The van der Waals surface area contributed by atoms with E-state index in [1.54, 1.807) is 14.0 Å². The van der Waals surface area contributed by atoms with Crippen LogP contribution in [0.3, 0.4) is 0 Å². The van der Waals surface area contributed by atoms with Crippen molar-refractivity contribution in [1.82, 2.24) is 9.55 Å². The molecule has 10 heteroatoms. The Labute approximate surface area is 182 Å². The lowest BCUT2D eigenvalue weighted by atomic mass is 10.1. The summed E-state index contributed by atoms with van der Waals surface area (Å²) in [5.74, 6) is 0. The van der Waals surface area contributed by atoms with Gasteiger partial charge >= 0.3 is 5.69 Å². The molecule has 1 aromatic carbocycles. The first kappa shape index (κ1) is 23.9. The number of ether oxygens (including phenoxy) is 1. The van der Waals surface area contributed by atoms with Crippen molar-refractivity contribution in [2.75, 3.05) is 12.5 Å². The van der Waals surface area contributed by atoms with E-state index in [0.717, 1.165) is 10.8 Å². The number of carbonyl (C=O) groups is 1. The van der Waals surface area contributed by atoms with E-state index in [1.807, 2.05) is 30.3 Å². The summed E-state index contributed by atoms with van der Waals surface area (Å²) in [5.41, 5.74) is 2.17. The van der Waals surface area contributed by atoms with Gasteiger partial charge in [-0.25, -0.2) is 9.36 Å². The number of nitrogens with one attached hydrogen (secondary N) is 3. The van der Waals surface area contributed by atoms with Crippen LogP contribution in [0.2, 0.25) is 0 Å². The lowest BCUT2D eigenvalue weighted by Gasteiger charge is -2.19. The number of rotatable bonds is 7. The molecule has 0 saturated carbocycles. The Morgan fingerprint density at radius 2 is 1.97 bits per heavy atom. The van der Waals surface area contributed by atoms with Crippen LogP contribution in [0.15, 0.2) is 45.0 Å². The highest BCUT2D eigenvalue weighted by Gasteiger charge is 2.26. The molecule has 2 heterocycles. The summed E-state index contributed by atoms with van der Waals surface area (Å²) >= 11 is 1.17. The topological polar surface area (TPSA) is 129 Å². The van der Waals surface area contributed by atoms with Crippen molar-refractivity contribution in [3.63, 3.8) is 0 Å². The van der Waals surface area contributed by atoms with Gasteiger partial charge in [0.25, 0.3) is 5.56 Å². The summed E-state index contributed by atoms with van der Waals surface area (Å²) < 4.78 is 5.84. The van der Waals surface area contributed by atoms with Gasteiger partial charge in [-0.2, -0.15) is 5.10 Å². The van der Waals surface area contributed by atoms with Crippen molar-refractivity contribution < 1.29 is 9.53 Å². The highest BCUT2D eigenvalue weighted by Crippen LogP contribution is 2.31. The van der Waals surface area contributed by atoms with Gasteiger partial charge < -0.3 is 14.9 Å². The van der Waals surface area contributed by atoms with Crippen LogP contribution in [0.25, 0.3) is 10.2 Å². The maximum atomic E-state index is 12.6. The lowest BCUT2D eigenvalue weighted by molar-refractivity contribution is -0.114. The number of hydrogen-bond donors (Lipinski definition) is 3. The van der Waals surface area contributed by atoms with E-state index in [4.69, 9.17) is 10.1 Å². The van der Waals surface area contributed by atoms with Crippen molar-refractivity contribution in [1.29, 1.82) is 5.41 Å². The zero-order valence-corrected chi connectivity index (χ0v) is 18.6. The smallest absolute Gasteiger partial charge is 0.330 e. The van der Waals surface area contributed by atoms with Gasteiger partial charge in [0.05, 0.1) is 18.2 Å². The largest absolute Gasteiger partial charge is 0.380 e. The molecule has 0 fully saturated rings. The highest BCUT2D eigenvalue weighted by atomic mass is 32.1. The predicted octanol–water partition coefficient (Wildman–Crippen LogP) is 2.87. The fourth-order valence-corrected chi connectivity index (χ4v) is 3.81. The Balaban J connectivity index is 0.000000316. The number of hydrogen-bond acceptors (Lipinski definition) is 8. The molecule has 3 aromatic rings. The summed E-state index contributed by atoms with van der Waals surface area (Å²) in [7, 11) is 1.70. The van der Waals surface area contributed by atoms with Gasteiger partial charge in [0.1, 0.15) is 21.7 Å². The van der Waals surface area contributed by atoms with E-state index in [1.165, 1.54) is 37.0 Å². The van der Waals surface area contributed by atoms with Crippen molar-refractivity contribution in [3.05, 3.63) is 62.3 Å². The molecule has 0 aliphatic heterocycles. The summed E-state index contributed by atoms with van der Waals surface area (Å²) in [6, 6.07) is 10.1. The number of aromatic amines is 1. The first-order valence-corrected chi connectivity index (χ1v) is 10.1. The molecule has 0 radical (unpaired) electrons. The number of hydrazone groups is 1. The summed E-state index contributed by atoms with van der Waals surface area (Å²) in [4.78, 5) is 38.9. The minimum absolute atomic E-state index is 0.340. The first-order valence-electron chi connectivity index (χ1n) is 9.33. The standard InChI is InChI=1S/C13H15N5O3S.C8H10O/c1-7-8-10(22-9(7)17-15-5-4-14)16-12(21)18(11(8)20)13(2,3)6-19;1-9-7-8-5-3-2-4-6-8/h4-6,14,17H,1-3H3,(H,16,21);2-6H,7H2,1H3/b14-4?,15-5-;. The third-order valence-electron chi connectivity index (χ3n) is 4.32. The zero-order valence-electron chi connectivity index (χ0n) is 17.8. The molecular formula is C21H25N5O4S. The molecule has 0 aliphatic carbocycles. The van der Waals surface area contributed by atoms with E-state index < -0.39 is 16.8 Å². The number of anilines is 1. The maximum Gasteiger partial charge on any atom is 0.330 e. The molecule has 3 rings (SSSR count). The number of nitrogens with zero attached hydrogens (tertiary/aromatic N) is 2. The second kappa shape index (κ2) is 10.6. The average Bonchev–Trinajstić information content (AvgIpc) is 3.05. The molecule has 0 amide bonds. The van der Waals surface area contributed by atoms with Crippen molar-refractivity contribution in [3.8, 4) is 0 Å². The number of aldehydes is 1. The number of aromatic nitrogens is 2. The normalized spacial score (nSPS) is 11.2. The number of carbonyl (C=O) groups excluding carboxylic acids is 1. The summed E-state index contributed by atoms with van der Waals surface area (Å²) in [5, 5.41) is 11.6. The van der Waals surface area contributed by atoms with E-state index in [9.17, 15) is 14.4 Å². The Hall–Kier alpha value is -3.37. The molecule has 0 saturated heterocycles. The average molecular weight is 444 g/mol. The van der Waals surface area contributed by atoms with Gasteiger partial charge in [-0.15, -0.1) is 0 Å².